The molecule has 98 valence electrons. The lowest BCUT2D eigenvalue weighted by Crippen LogP contribution is -2.43. The summed E-state index contributed by atoms with van der Waals surface area (Å²) < 4.78 is 0. The van der Waals surface area contributed by atoms with E-state index in [1.165, 1.54) is 58.3 Å². The molecule has 0 spiro atoms. The highest BCUT2D eigenvalue weighted by atomic mass is 15.2. The Kier molecular flexibility index (Phi) is 3.20. The minimum atomic E-state index is 0.715. The molecule has 3 aliphatic rings. The standard InChI is InChI=1S/C15H28N2/c1-12(2)14-10-17(9-3-8-16-14)11-15(6-7-15)13-4-5-13/h12-14,16H,3-11H2,1-2H3. The van der Waals surface area contributed by atoms with Crippen LogP contribution in [0.3, 0.4) is 0 Å². The molecule has 0 aromatic rings. The molecule has 0 aromatic carbocycles. The van der Waals surface area contributed by atoms with E-state index < -0.39 is 0 Å². The molecule has 1 aliphatic heterocycles. The lowest BCUT2D eigenvalue weighted by atomic mass is 9.98. The molecular weight excluding hydrogens is 208 g/mol. The van der Waals surface area contributed by atoms with E-state index in [2.05, 4.69) is 24.1 Å². The molecule has 3 fully saturated rings. The number of rotatable bonds is 4. The van der Waals surface area contributed by atoms with Gasteiger partial charge in [0.2, 0.25) is 0 Å². The van der Waals surface area contributed by atoms with Crippen molar-refractivity contribution in [3.8, 4) is 0 Å². The third-order valence-electron chi connectivity index (χ3n) is 5.19. The zero-order valence-electron chi connectivity index (χ0n) is 11.5. The van der Waals surface area contributed by atoms with Crippen molar-refractivity contribution in [1.82, 2.24) is 10.2 Å². The molecule has 1 heterocycles. The van der Waals surface area contributed by atoms with Gasteiger partial charge in [0.15, 0.2) is 0 Å². The van der Waals surface area contributed by atoms with Crippen LogP contribution in [0.5, 0.6) is 0 Å². The summed E-state index contributed by atoms with van der Waals surface area (Å²) in [5.74, 6) is 1.88. The van der Waals surface area contributed by atoms with Crippen molar-refractivity contribution >= 4 is 0 Å². The maximum Gasteiger partial charge on any atom is 0.0217 e. The largest absolute Gasteiger partial charge is 0.312 e. The highest BCUT2D eigenvalue weighted by Crippen LogP contribution is 2.61. The molecule has 0 aromatic heterocycles. The zero-order chi connectivity index (χ0) is 11.9. The molecule has 2 heteroatoms. The molecule has 3 rings (SSSR count). The molecule has 2 saturated carbocycles. The van der Waals surface area contributed by atoms with Gasteiger partial charge in [0.1, 0.15) is 0 Å². The molecule has 0 amide bonds. The number of nitrogens with one attached hydrogen (secondary N) is 1. The average Bonchev–Trinajstić information content (AvgIpc) is 3.16. The molecule has 17 heavy (non-hydrogen) atoms. The van der Waals surface area contributed by atoms with Crippen molar-refractivity contribution < 1.29 is 0 Å². The van der Waals surface area contributed by atoms with Crippen LogP contribution in [0.2, 0.25) is 0 Å². The molecule has 0 bridgehead atoms. The number of nitrogens with zero attached hydrogens (tertiary/aromatic N) is 1. The summed E-state index contributed by atoms with van der Waals surface area (Å²) in [5.41, 5.74) is 0.784. The topological polar surface area (TPSA) is 15.3 Å². The van der Waals surface area contributed by atoms with Gasteiger partial charge in [-0.15, -0.1) is 0 Å². The SMILES string of the molecule is CC(C)C1CN(CC2(C3CC3)CC2)CCCN1. The maximum absolute atomic E-state index is 3.72. The summed E-state index contributed by atoms with van der Waals surface area (Å²) in [4.78, 5) is 2.77. The zero-order valence-corrected chi connectivity index (χ0v) is 11.5. The van der Waals surface area contributed by atoms with Gasteiger partial charge >= 0.3 is 0 Å². The normalized spacial score (nSPS) is 33.7. The quantitative estimate of drug-likeness (QED) is 0.807. The molecular formula is C15H28N2. The molecule has 2 aliphatic carbocycles. The van der Waals surface area contributed by atoms with Crippen LogP contribution in [0.15, 0.2) is 0 Å². The Morgan fingerprint density at radius 3 is 2.65 bits per heavy atom. The summed E-state index contributed by atoms with van der Waals surface area (Å²) in [6.45, 7) is 9.94. The highest BCUT2D eigenvalue weighted by Gasteiger charge is 2.54. The Balaban J connectivity index is 1.57. The summed E-state index contributed by atoms with van der Waals surface area (Å²) in [5, 5.41) is 3.72. The Morgan fingerprint density at radius 2 is 2.06 bits per heavy atom. The fraction of sp³-hybridized carbons (Fsp3) is 1.00. The van der Waals surface area contributed by atoms with Gasteiger partial charge in [-0.2, -0.15) is 0 Å². The fourth-order valence-corrected chi connectivity index (χ4v) is 3.61. The van der Waals surface area contributed by atoms with Gasteiger partial charge in [-0.1, -0.05) is 13.8 Å². The molecule has 0 radical (unpaired) electrons. The van der Waals surface area contributed by atoms with Gasteiger partial charge in [-0.3, -0.25) is 0 Å². The summed E-state index contributed by atoms with van der Waals surface area (Å²) in [6.07, 6.45) is 7.44. The van der Waals surface area contributed by atoms with E-state index in [1.54, 1.807) is 0 Å². The first-order valence-corrected chi connectivity index (χ1v) is 7.65. The van der Waals surface area contributed by atoms with Gasteiger partial charge in [-0.05, 0) is 62.4 Å². The van der Waals surface area contributed by atoms with Crippen molar-refractivity contribution in [2.45, 2.75) is 52.0 Å². The third kappa shape index (κ3) is 2.68. The van der Waals surface area contributed by atoms with Crippen molar-refractivity contribution in [3.63, 3.8) is 0 Å². The summed E-state index contributed by atoms with van der Waals surface area (Å²) in [7, 11) is 0. The minimum Gasteiger partial charge on any atom is -0.312 e. The van der Waals surface area contributed by atoms with Crippen molar-refractivity contribution in [1.29, 1.82) is 0 Å². The maximum atomic E-state index is 3.72. The van der Waals surface area contributed by atoms with Crippen LogP contribution in [0, 0.1) is 17.3 Å². The Bertz CT molecular complexity index is 266. The lowest BCUT2D eigenvalue weighted by molar-refractivity contribution is 0.190. The molecule has 1 saturated heterocycles. The molecule has 1 atom stereocenters. The Hall–Kier alpha value is -0.0800. The van der Waals surface area contributed by atoms with E-state index in [4.69, 9.17) is 0 Å². The second-order valence-electron chi connectivity index (χ2n) is 7.03. The minimum absolute atomic E-state index is 0.715. The Labute approximate surface area is 106 Å². The number of hydrogen-bond donors (Lipinski definition) is 1. The monoisotopic (exact) mass is 236 g/mol. The first-order chi connectivity index (χ1) is 8.20. The second-order valence-corrected chi connectivity index (χ2v) is 7.03. The summed E-state index contributed by atoms with van der Waals surface area (Å²) >= 11 is 0. The van der Waals surface area contributed by atoms with Crippen LogP contribution in [-0.2, 0) is 0 Å². The van der Waals surface area contributed by atoms with Gasteiger partial charge in [0.05, 0.1) is 0 Å². The molecule has 1 N–H and O–H groups in total. The van der Waals surface area contributed by atoms with Crippen LogP contribution >= 0.6 is 0 Å². The molecule has 2 nitrogen and oxygen atoms in total. The van der Waals surface area contributed by atoms with Crippen molar-refractivity contribution in [2.24, 2.45) is 17.3 Å². The first kappa shape index (κ1) is 12.0. The fourth-order valence-electron chi connectivity index (χ4n) is 3.61. The van der Waals surface area contributed by atoms with Crippen LogP contribution in [-0.4, -0.2) is 37.1 Å². The van der Waals surface area contributed by atoms with Gasteiger partial charge < -0.3 is 10.2 Å². The van der Waals surface area contributed by atoms with Crippen molar-refractivity contribution in [2.75, 3.05) is 26.2 Å². The second kappa shape index (κ2) is 4.55. The first-order valence-electron chi connectivity index (χ1n) is 7.65. The van der Waals surface area contributed by atoms with Crippen LogP contribution in [0.4, 0.5) is 0 Å². The third-order valence-corrected chi connectivity index (χ3v) is 5.19. The predicted molar refractivity (Wildman–Crippen MR) is 72.1 cm³/mol. The predicted octanol–water partition coefficient (Wildman–Crippen LogP) is 2.50. The van der Waals surface area contributed by atoms with Gasteiger partial charge in [0.25, 0.3) is 0 Å². The van der Waals surface area contributed by atoms with E-state index in [1.807, 2.05) is 0 Å². The van der Waals surface area contributed by atoms with E-state index in [0.29, 0.717) is 6.04 Å². The smallest absolute Gasteiger partial charge is 0.0217 e. The van der Waals surface area contributed by atoms with Crippen molar-refractivity contribution in [3.05, 3.63) is 0 Å². The molecule has 1 unspecified atom stereocenters. The average molecular weight is 236 g/mol. The van der Waals surface area contributed by atoms with Gasteiger partial charge in [0, 0.05) is 19.1 Å². The van der Waals surface area contributed by atoms with Crippen LogP contribution in [0.1, 0.15) is 46.0 Å². The van der Waals surface area contributed by atoms with Crippen LogP contribution in [0.25, 0.3) is 0 Å². The highest BCUT2D eigenvalue weighted by molar-refractivity contribution is 5.05. The van der Waals surface area contributed by atoms with Gasteiger partial charge in [-0.25, -0.2) is 0 Å². The Morgan fingerprint density at radius 1 is 1.29 bits per heavy atom. The van der Waals surface area contributed by atoms with Crippen LogP contribution < -0.4 is 5.32 Å². The van der Waals surface area contributed by atoms with E-state index in [0.717, 1.165) is 17.3 Å². The number of hydrogen-bond acceptors (Lipinski definition) is 2. The lowest BCUT2D eigenvalue weighted by Gasteiger charge is -2.30. The van der Waals surface area contributed by atoms with E-state index >= 15 is 0 Å². The van der Waals surface area contributed by atoms with E-state index in [9.17, 15) is 0 Å². The van der Waals surface area contributed by atoms with E-state index in [-0.39, 0.29) is 0 Å². The summed E-state index contributed by atoms with van der Waals surface area (Å²) in [6, 6.07) is 0.715.